The van der Waals surface area contributed by atoms with Crippen LogP contribution in [0.2, 0.25) is 0 Å². The van der Waals surface area contributed by atoms with Gasteiger partial charge in [0.15, 0.2) is 5.82 Å². The first-order valence-corrected chi connectivity index (χ1v) is 7.31. The number of nitrogens with one attached hydrogen (secondary N) is 2. The average Bonchev–Trinajstić information content (AvgIpc) is 3.06. The highest BCUT2D eigenvalue weighted by Crippen LogP contribution is 2.26. The van der Waals surface area contributed by atoms with E-state index in [2.05, 4.69) is 20.7 Å². The lowest BCUT2D eigenvalue weighted by Gasteiger charge is -2.10. The van der Waals surface area contributed by atoms with Crippen LogP contribution in [-0.4, -0.2) is 33.7 Å². The Bertz CT molecular complexity index is 755. The third kappa shape index (κ3) is 3.01. The average molecular weight is 315 g/mol. The lowest BCUT2D eigenvalue weighted by molar-refractivity contribution is -0.123. The van der Waals surface area contributed by atoms with Gasteiger partial charge >= 0.3 is 0 Å². The van der Waals surface area contributed by atoms with E-state index in [0.29, 0.717) is 29.6 Å². The van der Waals surface area contributed by atoms with Crippen molar-refractivity contribution in [2.24, 2.45) is 0 Å². The molecular formula is C15H17N5O3. The lowest BCUT2D eigenvalue weighted by Crippen LogP contribution is -2.24. The largest absolute Gasteiger partial charge is 0.497 e. The number of fused-ring (bicyclic) bond motifs is 1. The second-order valence-corrected chi connectivity index (χ2v) is 5.14. The zero-order valence-corrected chi connectivity index (χ0v) is 12.9. The molecule has 0 unspecified atom stereocenters. The minimum atomic E-state index is -0.677. The van der Waals surface area contributed by atoms with E-state index in [-0.39, 0.29) is 18.2 Å². The molecule has 8 nitrogen and oxygen atoms in total. The van der Waals surface area contributed by atoms with Gasteiger partial charge in [-0.2, -0.15) is 10.1 Å². The standard InChI is InChI=1S/C15H17N5O3/c1-3-12-17-15-18-14(22)11(20(15)19-12)8-13(21)16-9-5-4-6-10(7-9)23-2/h4-7,11H,3,8H2,1-2H3,(H,16,21)(H,17,18,19,22)/t11-/m0/s1. The van der Waals surface area contributed by atoms with Crippen LogP contribution in [0.5, 0.6) is 5.75 Å². The van der Waals surface area contributed by atoms with E-state index in [0.717, 1.165) is 0 Å². The molecule has 1 atom stereocenters. The fourth-order valence-corrected chi connectivity index (χ4v) is 2.39. The summed E-state index contributed by atoms with van der Waals surface area (Å²) in [5.41, 5.74) is 0.612. The number of aromatic nitrogens is 3. The van der Waals surface area contributed by atoms with Crippen molar-refractivity contribution in [3.63, 3.8) is 0 Å². The molecule has 8 heteroatoms. The predicted octanol–water partition coefficient (Wildman–Crippen LogP) is 1.37. The zero-order chi connectivity index (χ0) is 16.4. The number of carbonyl (C=O) groups is 2. The van der Waals surface area contributed by atoms with Gasteiger partial charge in [-0.05, 0) is 12.1 Å². The number of hydrogen-bond acceptors (Lipinski definition) is 5. The Morgan fingerprint density at radius 2 is 2.30 bits per heavy atom. The maximum atomic E-state index is 12.2. The van der Waals surface area contributed by atoms with Crippen LogP contribution in [0.25, 0.3) is 0 Å². The molecule has 23 heavy (non-hydrogen) atoms. The van der Waals surface area contributed by atoms with Gasteiger partial charge in [0.05, 0.1) is 13.5 Å². The van der Waals surface area contributed by atoms with Gasteiger partial charge in [-0.1, -0.05) is 13.0 Å². The molecule has 2 N–H and O–H groups in total. The molecule has 1 aromatic heterocycles. The van der Waals surface area contributed by atoms with E-state index < -0.39 is 6.04 Å². The maximum absolute atomic E-state index is 12.2. The quantitative estimate of drug-likeness (QED) is 0.868. The van der Waals surface area contributed by atoms with Crippen LogP contribution in [0.3, 0.4) is 0 Å². The second kappa shape index (κ2) is 6.07. The highest BCUT2D eigenvalue weighted by molar-refractivity contribution is 6.00. The molecule has 120 valence electrons. The molecular weight excluding hydrogens is 298 g/mol. The van der Waals surface area contributed by atoms with E-state index >= 15 is 0 Å². The number of ether oxygens (including phenoxy) is 1. The van der Waals surface area contributed by atoms with Gasteiger partial charge in [0, 0.05) is 18.2 Å². The normalized spacial score (nSPS) is 15.9. The number of anilines is 2. The smallest absolute Gasteiger partial charge is 0.252 e. The van der Waals surface area contributed by atoms with Crippen molar-refractivity contribution in [2.45, 2.75) is 25.8 Å². The summed E-state index contributed by atoms with van der Waals surface area (Å²) in [6.07, 6.45) is 0.654. The van der Waals surface area contributed by atoms with E-state index in [1.807, 2.05) is 6.92 Å². The number of aryl methyl sites for hydroxylation is 1. The molecule has 0 aliphatic carbocycles. The maximum Gasteiger partial charge on any atom is 0.252 e. The van der Waals surface area contributed by atoms with Crippen molar-refractivity contribution in [1.29, 1.82) is 0 Å². The summed E-state index contributed by atoms with van der Waals surface area (Å²) in [7, 11) is 1.56. The molecule has 2 amide bonds. The monoisotopic (exact) mass is 315 g/mol. The molecule has 0 spiro atoms. The van der Waals surface area contributed by atoms with Gasteiger partial charge in [0.2, 0.25) is 11.9 Å². The van der Waals surface area contributed by atoms with E-state index in [9.17, 15) is 9.59 Å². The van der Waals surface area contributed by atoms with Crippen molar-refractivity contribution in [2.75, 3.05) is 17.7 Å². The Hall–Kier alpha value is -2.90. The van der Waals surface area contributed by atoms with Gasteiger partial charge in [0.25, 0.3) is 5.91 Å². The van der Waals surface area contributed by atoms with Crippen LogP contribution in [0.1, 0.15) is 25.2 Å². The highest BCUT2D eigenvalue weighted by Gasteiger charge is 2.34. The molecule has 1 aliphatic rings. The highest BCUT2D eigenvalue weighted by atomic mass is 16.5. The van der Waals surface area contributed by atoms with Crippen LogP contribution in [0.15, 0.2) is 24.3 Å². The third-order valence-electron chi connectivity index (χ3n) is 3.56. The summed E-state index contributed by atoms with van der Waals surface area (Å²) in [6.45, 7) is 1.93. The Labute approximate surface area is 132 Å². The van der Waals surface area contributed by atoms with Crippen molar-refractivity contribution >= 4 is 23.5 Å². The Morgan fingerprint density at radius 1 is 1.48 bits per heavy atom. The van der Waals surface area contributed by atoms with E-state index in [1.165, 1.54) is 4.68 Å². The second-order valence-electron chi connectivity index (χ2n) is 5.14. The van der Waals surface area contributed by atoms with Gasteiger partial charge in [-0.15, -0.1) is 0 Å². The molecule has 0 saturated carbocycles. The summed E-state index contributed by atoms with van der Waals surface area (Å²) in [4.78, 5) is 28.4. The predicted molar refractivity (Wildman–Crippen MR) is 83.3 cm³/mol. The van der Waals surface area contributed by atoms with Crippen LogP contribution >= 0.6 is 0 Å². The molecule has 0 radical (unpaired) electrons. The van der Waals surface area contributed by atoms with Crippen molar-refractivity contribution < 1.29 is 14.3 Å². The molecule has 1 aliphatic heterocycles. The summed E-state index contributed by atoms with van der Waals surface area (Å²) in [6, 6.07) is 6.35. The summed E-state index contributed by atoms with van der Waals surface area (Å²) in [5.74, 6) is 1.13. The van der Waals surface area contributed by atoms with E-state index in [4.69, 9.17) is 4.74 Å². The number of methoxy groups -OCH3 is 1. The first kappa shape index (κ1) is 15.0. The van der Waals surface area contributed by atoms with Gasteiger partial charge in [-0.3, -0.25) is 14.9 Å². The minimum Gasteiger partial charge on any atom is -0.497 e. The van der Waals surface area contributed by atoms with Crippen molar-refractivity contribution in [3.05, 3.63) is 30.1 Å². The minimum absolute atomic E-state index is 0.0114. The van der Waals surface area contributed by atoms with Gasteiger partial charge < -0.3 is 10.1 Å². The lowest BCUT2D eigenvalue weighted by atomic mass is 10.2. The summed E-state index contributed by atoms with van der Waals surface area (Å²) >= 11 is 0. The molecule has 3 rings (SSSR count). The Kier molecular flexibility index (Phi) is 3.96. The number of benzene rings is 1. The SMILES string of the molecule is CCc1nc2n(n1)[C@@H](CC(=O)Nc1cccc(OC)c1)C(=O)N2. The number of nitrogens with zero attached hydrogens (tertiary/aromatic N) is 3. The van der Waals surface area contributed by atoms with Gasteiger partial charge in [-0.25, -0.2) is 4.68 Å². The number of carbonyl (C=O) groups excluding carboxylic acids is 2. The molecule has 0 saturated heterocycles. The van der Waals surface area contributed by atoms with Crippen molar-refractivity contribution in [3.8, 4) is 5.75 Å². The van der Waals surface area contributed by atoms with Crippen LogP contribution in [0, 0.1) is 0 Å². The van der Waals surface area contributed by atoms with Gasteiger partial charge in [0.1, 0.15) is 11.8 Å². The molecule has 0 bridgehead atoms. The first-order valence-electron chi connectivity index (χ1n) is 7.31. The number of rotatable bonds is 5. The fourth-order valence-electron chi connectivity index (χ4n) is 2.39. The summed E-state index contributed by atoms with van der Waals surface area (Å²) in [5, 5.41) is 9.65. The molecule has 2 heterocycles. The Morgan fingerprint density at radius 3 is 3.04 bits per heavy atom. The van der Waals surface area contributed by atoms with E-state index in [1.54, 1.807) is 31.4 Å². The summed E-state index contributed by atoms with van der Waals surface area (Å²) < 4.78 is 6.59. The van der Waals surface area contributed by atoms with Crippen molar-refractivity contribution in [1.82, 2.24) is 14.8 Å². The third-order valence-corrected chi connectivity index (χ3v) is 3.56. The molecule has 1 aromatic carbocycles. The molecule has 2 aromatic rings. The first-order chi connectivity index (χ1) is 11.1. The van der Waals surface area contributed by atoms with Crippen LogP contribution < -0.4 is 15.4 Å². The topological polar surface area (TPSA) is 98.1 Å². The Balaban J connectivity index is 1.70. The fraction of sp³-hybridized carbons (Fsp3) is 0.333. The zero-order valence-electron chi connectivity index (χ0n) is 12.9. The van der Waals surface area contributed by atoms with Crippen LogP contribution in [0.4, 0.5) is 11.6 Å². The number of amides is 2. The molecule has 0 fully saturated rings. The van der Waals surface area contributed by atoms with Crippen LogP contribution in [-0.2, 0) is 16.0 Å². The number of hydrogen-bond donors (Lipinski definition) is 2.